The van der Waals surface area contributed by atoms with E-state index in [1.54, 1.807) is 19.2 Å². The number of rotatable bonds is 5. The molecule has 21 heavy (non-hydrogen) atoms. The molecule has 1 saturated carbocycles. The Balaban J connectivity index is 2.26. The third-order valence-corrected chi connectivity index (χ3v) is 5.20. The molecule has 3 unspecified atom stereocenters. The fourth-order valence-electron chi connectivity index (χ4n) is 3.67. The summed E-state index contributed by atoms with van der Waals surface area (Å²) in [6.45, 7) is 2.26. The van der Waals surface area contributed by atoms with Gasteiger partial charge in [0.25, 0.3) is 0 Å². The lowest BCUT2D eigenvalue weighted by atomic mass is 9.73. The average molecular weight is 314 g/mol. The van der Waals surface area contributed by atoms with Crippen molar-refractivity contribution in [3.63, 3.8) is 0 Å². The van der Waals surface area contributed by atoms with E-state index < -0.39 is 0 Å². The summed E-state index contributed by atoms with van der Waals surface area (Å²) in [6, 6.07) is 4.91. The molecule has 0 spiro atoms. The van der Waals surface area contributed by atoms with Crippen LogP contribution in [0.25, 0.3) is 0 Å². The van der Waals surface area contributed by atoms with Crippen molar-refractivity contribution in [2.75, 3.05) is 14.2 Å². The number of likely N-dealkylation sites (N-methyl/N-ethyl adjacent to an activating group) is 1. The molecule has 0 aromatic heterocycles. The first-order valence-corrected chi connectivity index (χ1v) is 8.05. The molecular formula is C17H25ClFNO. The Kier molecular flexibility index (Phi) is 5.64. The van der Waals surface area contributed by atoms with E-state index in [0.717, 1.165) is 19.3 Å². The van der Waals surface area contributed by atoms with Gasteiger partial charge >= 0.3 is 0 Å². The van der Waals surface area contributed by atoms with Crippen molar-refractivity contribution in [2.24, 2.45) is 5.92 Å². The maximum atomic E-state index is 14.1. The average Bonchev–Trinajstić information content (AvgIpc) is 2.47. The number of halogens is 2. The molecule has 0 aliphatic heterocycles. The highest BCUT2D eigenvalue weighted by Crippen LogP contribution is 2.38. The van der Waals surface area contributed by atoms with Crippen LogP contribution < -0.4 is 5.32 Å². The van der Waals surface area contributed by atoms with Gasteiger partial charge in [0.2, 0.25) is 0 Å². The Bertz CT molecular complexity index is 462. The van der Waals surface area contributed by atoms with Crippen molar-refractivity contribution in [1.82, 2.24) is 5.32 Å². The molecule has 4 heteroatoms. The van der Waals surface area contributed by atoms with Crippen molar-refractivity contribution in [1.29, 1.82) is 0 Å². The minimum Gasteiger partial charge on any atom is -0.377 e. The summed E-state index contributed by atoms with van der Waals surface area (Å²) in [7, 11) is 3.69. The molecule has 1 aliphatic carbocycles. The first-order valence-electron chi connectivity index (χ1n) is 7.67. The van der Waals surface area contributed by atoms with E-state index in [1.807, 2.05) is 7.05 Å². The molecule has 2 nitrogen and oxygen atoms in total. The first kappa shape index (κ1) is 16.7. The molecular weight excluding hydrogens is 289 g/mol. The molecule has 0 heterocycles. The molecule has 0 radical (unpaired) electrons. The Morgan fingerprint density at radius 1 is 1.52 bits per heavy atom. The number of hydrogen-bond donors (Lipinski definition) is 1. The number of nitrogens with one attached hydrogen (secondary N) is 1. The second kappa shape index (κ2) is 7.08. The second-order valence-electron chi connectivity index (χ2n) is 6.22. The lowest BCUT2D eigenvalue weighted by molar-refractivity contribution is -0.0776. The van der Waals surface area contributed by atoms with E-state index in [2.05, 4.69) is 12.2 Å². The van der Waals surface area contributed by atoms with E-state index >= 15 is 0 Å². The Labute approximate surface area is 132 Å². The van der Waals surface area contributed by atoms with E-state index in [0.29, 0.717) is 22.9 Å². The highest BCUT2D eigenvalue weighted by molar-refractivity contribution is 6.31. The van der Waals surface area contributed by atoms with E-state index in [1.165, 1.54) is 12.5 Å². The summed E-state index contributed by atoms with van der Waals surface area (Å²) in [5.41, 5.74) is 0.339. The van der Waals surface area contributed by atoms with Crippen molar-refractivity contribution in [3.05, 3.63) is 34.6 Å². The van der Waals surface area contributed by atoms with Gasteiger partial charge in [0.05, 0.1) is 5.60 Å². The highest BCUT2D eigenvalue weighted by Gasteiger charge is 2.41. The number of benzene rings is 1. The van der Waals surface area contributed by atoms with Gasteiger partial charge in [-0.3, -0.25) is 0 Å². The van der Waals surface area contributed by atoms with Crippen LogP contribution in [0.4, 0.5) is 4.39 Å². The monoisotopic (exact) mass is 313 g/mol. The number of hydrogen-bond acceptors (Lipinski definition) is 2. The molecule has 3 atom stereocenters. The highest BCUT2D eigenvalue weighted by atomic mass is 35.5. The smallest absolute Gasteiger partial charge is 0.127 e. The van der Waals surface area contributed by atoms with Crippen LogP contribution in [-0.2, 0) is 11.2 Å². The van der Waals surface area contributed by atoms with Crippen molar-refractivity contribution >= 4 is 11.6 Å². The first-order chi connectivity index (χ1) is 10.0. The predicted molar refractivity (Wildman–Crippen MR) is 85.3 cm³/mol. The summed E-state index contributed by atoms with van der Waals surface area (Å²) < 4.78 is 20.0. The minimum atomic E-state index is -0.238. The van der Waals surface area contributed by atoms with Crippen LogP contribution in [0.2, 0.25) is 5.02 Å². The lowest BCUT2D eigenvalue weighted by Crippen LogP contribution is -2.54. The third-order valence-electron chi connectivity index (χ3n) is 4.85. The summed E-state index contributed by atoms with van der Waals surface area (Å²) in [5, 5.41) is 3.83. The molecule has 2 rings (SSSR count). The zero-order valence-electron chi connectivity index (χ0n) is 13.1. The van der Waals surface area contributed by atoms with Gasteiger partial charge in [-0.2, -0.15) is 0 Å². The molecule has 0 saturated heterocycles. The maximum absolute atomic E-state index is 14.1. The van der Waals surface area contributed by atoms with Crippen molar-refractivity contribution < 1.29 is 9.13 Å². The Morgan fingerprint density at radius 2 is 2.29 bits per heavy atom. The zero-order chi connectivity index (χ0) is 15.5. The minimum absolute atomic E-state index is 0.0552. The van der Waals surface area contributed by atoms with E-state index in [9.17, 15) is 4.39 Å². The molecule has 1 fully saturated rings. The topological polar surface area (TPSA) is 21.3 Å². The van der Waals surface area contributed by atoms with Gasteiger partial charge in [0, 0.05) is 23.7 Å². The lowest BCUT2D eigenvalue weighted by Gasteiger charge is -2.44. The molecule has 0 bridgehead atoms. The standard InChI is InChI=1S/C17H25ClFNO/c1-12-6-5-9-17(11-12,21-3)16(20-2)10-13-14(18)7-4-8-15(13)19/h4,7-8,12,16,20H,5-6,9-11H2,1-3H3. The zero-order valence-corrected chi connectivity index (χ0v) is 13.8. The van der Waals surface area contributed by atoms with Crippen LogP contribution in [0.3, 0.4) is 0 Å². The number of methoxy groups -OCH3 is 1. The maximum Gasteiger partial charge on any atom is 0.127 e. The second-order valence-corrected chi connectivity index (χ2v) is 6.62. The fourth-order valence-corrected chi connectivity index (χ4v) is 3.91. The largest absolute Gasteiger partial charge is 0.377 e. The van der Waals surface area contributed by atoms with Gasteiger partial charge in [0.1, 0.15) is 5.82 Å². The van der Waals surface area contributed by atoms with E-state index in [-0.39, 0.29) is 17.5 Å². The van der Waals surface area contributed by atoms with Crippen LogP contribution >= 0.6 is 11.6 Å². The van der Waals surface area contributed by atoms with Gasteiger partial charge in [-0.1, -0.05) is 37.4 Å². The van der Waals surface area contributed by atoms with Crippen LogP contribution in [-0.4, -0.2) is 25.8 Å². The van der Waals surface area contributed by atoms with Crippen molar-refractivity contribution in [2.45, 2.75) is 50.7 Å². The molecule has 0 amide bonds. The number of ether oxygens (including phenoxy) is 1. The van der Waals surface area contributed by atoms with Gasteiger partial charge in [-0.25, -0.2) is 4.39 Å². The summed E-state index contributed by atoms with van der Waals surface area (Å²) in [4.78, 5) is 0. The molecule has 1 aromatic rings. The molecule has 1 aliphatic rings. The van der Waals surface area contributed by atoms with Crippen LogP contribution in [0.1, 0.15) is 38.2 Å². The van der Waals surface area contributed by atoms with Crippen LogP contribution in [0, 0.1) is 11.7 Å². The Hall–Kier alpha value is -0.640. The SMILES string of the molecule is CNC(Cc1c(F)cccc1Cl)C1(OC)CCCC(C)C1. The fraction of sp³-hybridized carbons (Fsp3) is 0.647. The van der Waals surface area contributed by atoms with Gasteiger partial charge in [-0.05, 0) is 44.4 Å². The van der Waals surface area contributed by atoms with Crippen molar-refractivity contribution in [3.8, 4) is 0 Å². The molecule has 1 aromatic carbocycles. The van der Waals surface area contributed by atoms with Crippen LogP contribution in [0.15, 0.2) is 18.2 Å². The van der Waals surface area contributed by atoms with Gasteiger partial charge in [0.15, 0.2) is 0 Å². The quantitative estimate of drug-likeness (QED) is 0.879. The normalized spacial score (nSPS) is 27.6. The molecule has 118 valence electrons. The van der Waals surface area contributed by atoms with Crippen LogP contribution in [0.5, 0.6) is 0 Å². The summed E-state index contributed by atoms with van der Waals surface area (Å²) >= 11 is 6.18. The molecule has 1 N–H and O–H groups in total. The summed E-state index contributed by atoms with van der Waals surface area (Å²) in [6.07, 6.45) is 4.94. The Morgan fingerprint density at radius 3 is 2.86 bits per heavy atom. The van der Waals surface area contributed by atoms with Gasteiger partial charge < -0.3 is 10.1 Å². The van der Waals surface area contributed by atoms with E-state index in [4.69, 9.17) is 16.3 Å². The third kappa shape index (κ3) is 3.58. The summed E-state index contributed by atoms with van der Waals surface area (Å²) in [5.74, 6) is 0.392. The predicted octanol–water partition coefficient (Wildman–Crippen LogP) is 4.20. The van der Waals surface area contributed by atoms with Gasteiger partial charge in [-0.15, -0.1) is 0 Å².